The molecule has 0 aliphatic rings. The van der Waals surface area contributed by atoms with Gasteiger partial charge in [-0.3, -0.25) is 19.0 Å². The summed E-state index contributed by atoms with van der Waals surface area (Å²) in [7, 11) is 0. The summed E-state index contributed by atoms with van der Waals surface area (Å²) in [5, 5.41) is 3.27. The van der Waals surface area contributed by atoms with E-state index in [1.54, 1.807) is 42.5 Å². The number of carbonyl (C=O) groups excluding carboxylic acids is 1. The van der Waals surface area contributed by atoms with E-state index in [2.05, 4.69) is 13.5 Å². The van der Waals surface area contributed by atoms with Crippen LogP contribution in [0, 0.1) is 6.92 Å². The Morgan fingerprint density at radius 2 is 1.65 bits per heavy atom. The molecule has 37 heavy (non-hydrogen) atoms. The lowest BCUT2D eigenvalue weighted by molar-refractivity contribution is 0.112. The Kier molecular flexibility index (Phi) is 7.58. The summed E-state index contributed by atoms with van der Waals surface area (Å²) in [4.78, 5) is 37.8. The number of hydrogen-bond acceptors (Lipinski definition) is 5. The third-order valence-electron chi connectivity index (χ3n) is 6.53. The largest absolute Gasteiger partial charge is 0.492 e. The highest BCUT2D eigenvalue weighted by Crippen LogP contribution is 2.36. The van der Waals surface area contributed by atoms with Crippen LogP contribution in [0.5, 0.6) is 5.75 Å². The molecule has 0 fully saturated rings. The zero-order chi connectivity index (χ0) is 26.7. The van der Waals surface area contributed by atoms with E-state index in [9.17, 15) is 14.4 Å². The second kappa shape index (κ2) is 10.8. The number of rotatable bonds is 8. The van der Waals surface area contributed by atoms with Crippen LogP contribution in [0.25, 0.3) is 38.6 Å². The van der Waals surface area contributed by atoms with Crippen molar-refractivity contribution < 1.29 is 13.9 Å². The summed E-state index contributed by atoms with van der Waals surface area (Å²) in [5.41, 5.74) is 2.23. The Hall–Kier alpha value is -4.19. The van der Waals surface area contributed by atoms with E-state index < -0.39 is 0 Å². The van der Waals surface area contributed by atoms with Gasteiger partial charge in [-0.15, -0.1) is 0 Å². The molecule has 190 valence electrons. The molecule has 2 heterocycles. The van der Waals surface area contributed by atoms with Gasteiger partial charge in [0.05, 0.1) is 6.54 Å². The zero-order valence-corrected chi connectivity index (χ0v) is 21.7. The Balaban J connectivity index is 0.00000156. The molecule has 3 aromatic carbocycles. The molecule has 6 nitrogen and oxygen atoms in total. The number of aryl methyl sites for hydroxylation is 2. The lowest BCUT2D eigenvalue weighted by atomic mass is 9.95. The van der Waals surface area contributed by atoms with Crippen LogP contribution in [-0.4, -0.2) is 17.5 Å². The fourth-order valence-corrected chi connectivity index (χ4v) is 4.82. The summed E-state index contributed by atoms with van der Waals surface area (Å²) < 4.78 is 13.2. The molecule has 0 saturated heterocycles. The number of aldehydes is 1. The molecule has 0 bridgehead atoms. The van der Waals surface area contributed by atoms with E-state index in [4.69, 9.17) is 9.15 Å². The van der Waals surface area contributed by atoms with Crippen molar-refractivity contribution in [1.29, 1.82) is 0 Å². The van der Waals surface area contributed by atoms with Crippen molar-refractivity contribution >= 4 is 44.9 Å². The van der Waals surface area contributed by atoms with Crippen LogP contribution in [0.15, 0.2) is 63.0 Å². The van der Waals surface area contributed by atoms with Crippen molar-refractivity contribution in [2.24, 2.45) is 0 Å². The fraction of sp³-hybridized carbons (Fsp3) is 0.258. The maximum Gasteiger partial charge on any atom is 0.261 e. The average molecular weight is 498 g/mol. The van der Waals surface area contributed by atoms with Gasteiger partial charge in [-0.25, -0.2) is 0 Å². The summed E-state index contributed by atoms with van der Waals surface area (Å²) >= 11 is 0. The van der Waals surface area contributed by atoms with E-state index in [-0.39, 0.29) is 24.3 Å². The Labute approximate surface area is 215 Å². The second-order valence-electron chi connectivity index (χ2n) is 8.66. The smallest absolute Gasteiger partial charge is 0.261 e. The van der Waals surface area contributed by atoms with Gasteiger partial charge in [0.15, 0.2) is 0 Å². The molecule has 0 amide bonds. The van der Waals surface area contributed by atoms with Crippen LogP contribution in [-0.2, 0) is 13.0 Å². The molecule has 5 aromatic rings. The zero-order valence-electron chi connectivity index (χ0n) is 21.7. The minimum absolute atomic E-state index is 0.103. The van der Waals surface area contributed by atoms with Gasteiger partial charge in [0.2, 0.25) is 0 Å². The minimum atomic E-state index is -0.356. The number of benzene rings is 3. The summed E-state index contributed by atoms with van der Waals surface area (Å²) in [6.45, 7) is 12.1. The van der Waals surface area contributed by atoms with Crippen molar-refractivity contribution in [3.63, 3.8) is 0 Å². The second-order valence-corrected chi connectivity index (χ2v) is 8.66. The molecule has 2 aromatic heterocycles. The molecule has 0 unspecified atom stereocenters. The van der Waals surface area contributed by atoms with Crippen molar-refractivity contribution in [3.8, 4) is 5.75 Å². The highest BCUT2D eigenvalue weighted by Gasteiger charge is 2.20. The SMILES string of the molecule is C=Cc1c(CCC)oc2ccc3c(=O)n(CCOc4ccc(C=O)c(C)c4)c(=O)c4ccc1c2c34.CC. The van der Waals surface area contributed by atoms with Crippen molar-refractivity contribution in [1.82, 2.24) is 4.57 Å². The predicted molar refractivity (Wildman–Crippen MR) is 150 cm³/mol. The van der Waals surface area contributed by atoms with Gasteiger partial charge in [0, 0.05) is 39.1 Å². The lowest BCUT2D eigenvalue weighted by Gasteiger charge is -2.16. The van der Waals surface area contributed by atoms with E-state index in [1.807, 2.05) is 26.8 Å². The van der Waals surface area contributed by atoms with Gasteiger partial charge >= 0.3 is 0 Å². The molecular formula is C31H31NO5. The van der Waals surface area contributed by atoms with Crippen molar-refractivity contribution in [2.45, 2.75) is 47.1 Å². The van der Waals surface area contributed by atoms with Crippen LogP contribution < -0.4 is 15.9 Å². The number of carbonyl (C=O) groups is 1. The standard InChI is InChI=1S/C29H25NO5.C2H6/c1-4-6-24-20(5-2)21-9-10-22-26-23(11-12-25(35-24)27(21)26)29(33)30(28(22)32)13-14-34-19-8-7-18(16-31)17(3)15-19;1-2/h5,7-12,15-16H,2,4,6,13-14H2,1,3H3;1-2H3. The van der Waals surface area contributed by atoms with Crippen molar-refractivity contribution in [3.05, 3.63) is 92.2 Å². The van der Waals surface area contributed by atoms with Gasteiger partial charge in [0.1, 0.15) is 30.0 Å². The molecule has 0 atom stereocenters. The molecule has 5 rings (SSSR count). The highest BCUT2D eigenvalue weighted by molar-refractivity contribution is 6.22. The van der Waals surface area contributed by atoms with Gasteiger partial charge in [-0.2, -0.15) is 0 Å². The molecule has 6 heteroatoms. The van der Waals surface area contributed by atoms with Crippen LogP contribution >= 0.6 is 0 Å². The van der Waals surface area contributed by atoms with Crippen LogP contribution in [0.1, 0.15) is 54.4 Å². The topological polar surface area (TPSA) is 78.5 Å². The fourth-order valence-electron chi connectivity index (χ4n) is 4.82. The summed E-state index contributed by atoms with van der Waals surface area (Å²) in [5.74, 6) is 1.43. The molecular weight excluding hydrogens is 466 g/mol. The number of nitrogens with zero attached hydrogens (tertiary/aromatic N) is 1. The monoisotopic (exact) mass is 497 g/mol. The average Bonchev–Trinajstić information content (AvgIpc) is 2.91. The van der Waals surface area contributed by atoms with Crippen LogP contribution in [0.2, 0.25) is 0 Å². The lowest BCUT2D eigenvalue weighted by Crippen LogP contribution is -2.35. The van der Waals surface area contributed by atoms with E-state index >= 15 is 0 Å². The third kappa shape index (κ3) is 4.44. The summed E-state index contributed by atoms with van der Waals surface area (Å²) in [6, 6.07) is 12.4. The number of aromatic nitrogens is 1. The maximum absolute atomic E-state index is 13.4. The van der Waals surface area contributed by atoms with Crippen molar-refractivity contribution in [2.75, 3.05) is 6.61 Å². The minimum Gasteiger partial charge on any atom is -0.492 e. The van der Waals surface area contributed by atoms with Crippen LogP contribution in [0.3, 0.4) is 0 Å². The quantitative estimate of drug-likeness (QED) is 0.180. The Bertz CT molecular complexity index is 1690. The Morgan fingerprint density at radius 1 is 0.973 bits per heavy atom. The predicted octanol–water partition coefficient (Wildman–Crippen LogP) is 6.52. The maximum atomic E-state index is 13.4. The normalized spacial score (nSPS) is 11.0. The number of hydrogen-bond donors (Lipinski definition) is 0. The first-order valence-electron chi connectivity index (χ1n) is 12.7. The molecule has 0 aliphatic carbocycles. The van der Waals surface area contributed by atoms with E-state index in [0.29, 0.717) is 33.1 Å². The van der Waals surface area contributed by atoms with Gasteiger partial charge in [-0.1, -0.05) is 39.5 Å². The molecule has 0 radical (unpaired) electrons. The first-order chi connectivity index (χ1) is 18.0. The summed E-state index contributed by atoms with van der Waals surface area (Å²) in [6.07, 6.45) is 4.27. The van der Waals surface area contributed by atoms with E-state index in [1.165, 1.54) is 4.57 Å². The first-order valence-corrected chi connectivity index (χ1v) is 12.7. The Morgan fingerprint density at radius 3 is 2.27 bits per heavy atom. The van der Waals surface area contributed by atoms with E-state index in [0.717, 1.165) is 46.8 Å². The molecule has 0 saturated carbocycles. The van der Waals surface area contributed by atoms with Gasteiger partial charge in [-0.05, 0) is 60.7 Å². The first kappa shape index (κ1) is 25.9. The number of pyridine rings is 1. The van der Waals surface area contributed by atoms with Gasteiger partial charge < -0.3 is 9.15 Å². The van der Waals surface area contributed by atoms with Crippen LogP contribution in [0.4, 0.5) is 0 Å². The molecule has 0 N–H and O–H groups in total. The molecule has 0 spiro atoms. The third-order valence-corrected chi connectivity index (χ3v) is 6.53. The van der Waals surface area contributed by atoms with Gasteiger partial charge in [0.25, 0.3) is 11.1 Å². The number of ether oxygens (including phenoxy) is 1. The highest BCUT2D eigenvalue weighted by atomic mass is 16.5. The molecule has 0 aliphatic heterocycles.